The van der Waals surface area contributed by atoms with E-state index in [2.05, 4.69) is 48.6 Å². The van der Waals surface area contributed by atoms with Crippen molar-refractivity contribution in [2.75, 3.05) is 57.8 Å². The Morgan fingerprint density at radius 2 is 1.96 bits per heavy atom. The van der Waals surface area contributed by atoms with Gasteiger partial charge in [0, 0.05) is 39.8 Å². The maximum atomic E-state index is 5.73. The standard InChI is InChI=1S/C20H29N5OS/c1-21-20(25-12-10-24(11-13-25)19-7-5-15-27-19)22-16-17(18-6-4-14-26-18)23-8-2-3-9-23/h4-7,14-15,17H,2-3,8-13,16H2,1H3,(H,21,22). The van der Waals surface area contributed by atoms with Crippen molar-refractivity contribution in [2.45, 2.75) is 18.9 Å². The van der Waals surface area contributed by atoms with Crippen LogP contribution in [-0.2, 0) is 0 Å². The Morgan fingerprint density at radius 3 is 2.59 bits per heavy atom. The van der Waals surface area contributed by atoms with Gasteiger partial charge in [0.1, 0.15) is 5.76 Å². The number of thiophene rings is 1. The summed E-state index contributed by atoms with van der Waals surface area (Å²) in [5.41, 5.74) is 0. The molecule has 0 bridgehead atoms. The minimum Gasteiger partial charge on any atom is -0.468 e. The van der Waals surface area contributed by atoms with Gasteiger partial charge in [-0.2, -0.15) is 0 Å². The number of anilines is 1. The highest BCUT2D eigenvalue weighted by Crippen LogP contribution is 2.25. The lowest BCUT2D eigenvalue weighted by atomic mass is 10.2. The van der Waals surface area contributed by atoms with Gasteiger partial charge in [0.05, 0.1) is 17.3 Å². The maximum absolute atomic E-state index is 5.73. The van der Waals surface area contributed by atoms with Crippen molar-refractivity contribution >= 4 is 22.3 Å². The number of nitrogens with zero attached hydrogens (tertiary/aromatic N) is 4. The van der Waals surface area contributed by atoms with E-state index in [9.17, 15) is 0 Å². The molecule has 2 aliphatic rings. The van der Waals surface area contributed by atoms with Gasteiger partial charge >= 0.3 is 0 Å². The fourth-order valence-corrected chi connectivity index (χ4v) is 4.84. The molecule has 1 atom stereocenters. The zero-order valence-corrected chi connectivity index (χ0v) is 16.8. The quantitative estimate of drug-likeness (QED) is 0.631. The summed E-state index contributed by atoms with van der Waals surface area (Å²) in [7, 11) is 1.88. The van der Waals surface area contributed by atoms with Crippen LogP contribution >= 0.6 is 11.3 Å². The molecule has 1 unspecified atom stereocenters. The monoisotopic (exact) mass is 387 g/mol. The number of furan rings is 1. The van der Waals surface area contributed by atoms with E-state index in [1.165, 1.54) is 17.8 Å². The molecule has 2 aliphatic heterocycles. The van der Waals surface area contributed by atoms with Crippen molar-refractivity contribution in [3.8, 4) is 0 Å². The summed E-state index contributed by atoms with van der Waals surface area (Å²) in [5.74, 6) is 2.04. The van der Waals surface area contributed by atoms with Crippen LogP contribution in [0, 0.1) is 0 Å². The number of hydrogen-bond donors (Lipinski definition) is 1. The first-order valence-corrected chi connectivity index (χ1v) is 10.7. The highest BCUT2D eigenvalue weighted by atomic mass is 32.1. The number of likely N-dealkylation sites (tertiary alicyclic amines) is 1. The van der Waals surface area contributed by atoms with E-state index in [0.717, 1.165) is 57.5 Å². The van der Waals surface area contributed by atoms with Crippen LogP contribution in [0.1, 0.15) is 24.6 Å². The maximum Gasteiger partial charge on any atom is 0.193 e. The smallest absolute Gasteiger partial charge is 0.193 e. The molecule has 1 N–H and O–H groups in total. The normalized spacial score (nSPS) is 20.3. The van der Waals surface area contributed by atoms with E-state index in [1.54, 1.807) is 6.26 Å². The second kappa shape index (κ2) is 8.80. The SMILES string of the molecule is CN=C(NCC(c1ccco1)N1CCCC1)N1CCN(c2cccs2)CC1. The second-order valence-electron chi connectivity index (χ2n) is 7.13. The van der Waals surface area contributed by atoms with Gasteiger partial charge in [-0.05, 0) is 55.6 Å². The summed E-state index contributed by atoms with van der Waals surface area (Å²) in [5, 5.41) is 7.13. The van der Waals surface area contributed by atoms with Crippen molar-refractivity contribution in [1.82, 2.24) is 15.1 Å². The predicted octanol–water partition coefficient (Wildman–Crippen LogP) is 2.88. The van der Waals surface area contributed by atoms with Crippen LogP contribution in [0.4, 0.5) is 5.00 Å². The van der Waals surface area contributed by atoms with Crippen molar-refractivity contribution in [3.63, 3.8) is 0 Å². The first-order chi connectivity index (χ1) is 13.3. The third-order valence-electron chi connectivity index (χ3n) is 5.52. The fourth-order valence-electron chi connectivity index (χ4n) is 4.05. The lowest BCUT2D eigenvalue weighted by molar-refractivity contribution is 0.213. The van der Waals surface area contributed by atoms with Crippen LogP contribution in [0.3, 0.4) is 0 Å². The number of piperazine rings is 1. The third-order valence-corrected chi connectivity index (χ3v) is 6.44. The number of rotatable bonds is 5. The van der Waals surface area contributed by atoms with Gasteiger partial charge in [-0.3, -0.25) is 9.89 Å². The molecule has 4 heterocycles. The van der Waals surface area contributed by atoms with Crippen LogP contribution in [0.15, 0.2) is 45.3 Å². The van der Waals surface area contributed by atoms with Gasteiger partial charge in [-0.1, -0.05) is 0 Å². The summed E-state index contributed by atoms with van der Waals surface area (Å²) in [6.45, 7) is 7.17. The Kier molecular flexibility index (Phi) is 5.99. The molecule has 0 spiro atoms. The van der Waals surface area contributed by atoms with Crippen molar-refractivity contribution in [3.05, 3.63) is 41.7 Å². The molecule has 6 nitrogen and oxygen atoms in total. The second-order valence-corrected chi connectivity index (χ2v) is 8.05. The predicted molar refractivity (Wildman–Crippen MR) is 112 cm³/mol. The van der Waals surface area contributed by atoms with Crippen LogP contribution in [0.2, 0.25) is 0 Å². The van der Waals surface area contributed by atoms with Crippen LogP contribution in [0.25, 0.3) is 0 Å². The molecule has 2 saturated heterocycles. The Bertz CT molecular complexity index is 701. The molecule has 0 saturated carbocycles. The average Bonchev–Trinajstić information content (AvgIpc) is 3.49. The highest BCUT2D eigenvalue weighted by Gasteiger charge is 2.27. The van der Waals surface area contributed by atoms with Gasteiger partial charge in [0.15, 0.2) is 5.96 Å². The minimum absolute atomic E-state index is 0.270. The first-order valence-electron chi connectivity index (χ1n) is 9.86. The van der Waals surface area contributed by atoms with Gasteiger partial charge in [-0.15, -0.1) is 11.3 Å². The largest absolute Gasteiger partial charge is 0.468 e. The number of nitrogens with one attached hydrogen (secondary N) is 1. The van der Waals surface area contributed by atoms with Gasteiger partial charge < -0.3 is 19.5 Å². The lowest BCUT2D eigenvalue weighted by Gasteiger charge is -2.37. The van der Waals surface area contributed by atoms with Gasteiger partial charge in [0.2, 0.25) is 0 Å². The molecule has 27 heavy (non-hydrogen) atoms. The minimum atomic E-state index is 0.270. The highest BCUT2D eigenvalue weighted by molar-refractivity contribution is 7.14. The summed E-state index contributed by atoms with van der Waals surface area (Å²) >= 11 is 1.82. The molecule has 146 valence electrons. The molecule has 4 rings (SSSR count). The molecule has 2 aromatic heterocycles. The number of guanidine groups is 1. The molecular formula is C20H29N5OS. The van der Waals surface area contributed by atoms with E-state index in [4.69, 9.17) is 4.42 Å². The van der Waals surface area contributed by atoms with Crippen molar-refractivity contribution in [2.24, 2.45) is 4.99 Å². The third kappa shape index (κ3) is 4.30. The zero-order valence-electron chi connectivity index (χ0n) is 16.0. The molecule has 0 radical (unpaired) electrons. The Balaban J connectivity index is 1.34. The van der Waals surface area contributed by atoms with Gasteiger partial charge in [0.25, 0.3) is 0 Å². The molecule has 2 fully saturated rings. The summed E-state index contributed by atoms with van der Waals surface area (Å²) in [6.07, 6.45) is 4.32. The van der Waals surface area contributed by atoms with Crippen LogP contribution < -0.4 is 10.2 Å². The number of aliphatic imine (C=N–C) groups is 1. The lowest BCUT2D eigenvalue weighted by Crippen LogP contribution is -2.53. The van der Waals surface area contributed by atoms with E-state index in [1.807, 2.05) is 24.5 Å². The van der Waals surface area contributed by atoms with E-state index < -0.39 is 0 Å². The molecule has 0 aliphatic carbocycles. The molecule has 2 aromatic rings. The summed E-state index contributed by atoms with van der Waals surface area (Å²) in [6, 6.07) is 8.67. The fraction of sp³-hybridized carbons (Fsp3) is 0.550. The first kappa shape index (κ1) is 18.4. The Labute approximate surface area is 165 Å². The van der Waals surface area contributed by atoms with Crippen LogP contribution in [0.5, 0.6) is 0 Å². The summed E-state index contributed by atoms with van der Waals surface area (Å²) < 4.78 is 5.73. The van der Waals surface area contributed by atoms with E-state index in [-0.39, 0.29) is 6.04 Å². The molecule has 7 heteroatoms. The number of hydrogen-bond acceptors (Lipinski definition) is 5. The molecule has 0 amide bonds. The van der Waals surface area contributed by atoms with E-state index in [0.29, 0.717) is 0 Å². The van der Waals surface area contributed by atoms with Crippen molar-refractivity contribution < 1.29 is 4.42 Å². The van der Waals surface area contributed by atoms with Gasteiger partial charge in [-0.25, -0.2) is 0 Å². The topological polar surface area (TPSA) is 47.3 Å². The molecule has 0 aromatic carbocycles. The van der Waals surface area contributed by atoms with E-state index >= 15 is 0 Å². The van der Waals surface area contributed by atoms with Crippen molar-refractivity contribution in [1.29, 1.82) is 0 Å². The Morgan fingerprint density at radius 1 is 1.15 bits per heavy atom. The zero-order chi connectivity index (χ0) is 18.5. The summed E-state index contributed by atoms with van der Waals surface area (Å²) in [4.78, 5) is 11.9. The average molecular weight is 388 g/mol. The van der Waals surface area contributed by atoms with Crippen LogP contribution in [-0.4, -0.2) is 68.6 Å². The Hall–Kier alpha value is -1.99. The molecular weight excluding hydrogens is 358 g/mol.